The van der Waals surface area contributed by atoms with Crippen molar-refractivity contribution in [3.05, 3.63) is 76.8 Å². The number of hydrogen-bond acceptors (Lipinski definition) is 5. The second-order valence-electron chi connectivity index (χ2n) is 5.47. The second-order valence-corrected chi connectivity index (χ2v) is 5.90. The predicted octanol–water partition coefficient (Wildman–Crippen LogP) is 4.00. The first-order valence-electron chi connectivity index (χ1n) is 7.91. The number of carbonyl (C=O) groups is 1. The molecule has 132 valence electrons. The Morgan fingerprint density at radius 3 is 2.23 bits per heavy atom. The fraction of sp³-hybridized carbons (Fsp3) is 0.105. The molecule has 2 aromatic carbocycles. The number of rotatable bonds is 6. The normalized spacial score (nSPS) is 10.2. The lowest BCUT2D eigenvalue weighted by atomic mass is 10.2. The molecule has 1 aromatic heterocycles. The van der Waals surface area contributed by atoms with Gasteiger partial charge in [-0.25, -0.2) is 0 Å². The average Bonchev–Trinajstić information content (AvgIpc) is 2.68. The van der Waals surface area contributed by atoms with Crippen LogP contribution in [-0.2, 0) is 6.54 Å². The number of methoxy groups -OCH3 is 1. The zero-order chi connectivity index (χ0) is 18.4. The third kappa shape index (κ3) is 4.70. The lowest BCUT2D eigenvalue weighted by Crippen LogP contribution is -2.13. The molecule has 1 heterocycles. The van der Waals surface area contributed by atoms with Gasteiger partial charge in [-0.2, -0.15) is 0 Å². The van der Waals surface area contributed by atoms with Crippen LogP contribution in [0.3, 0.4) is 0 Å². The van der Waals surface area contributed by atoms with Crippen molar-refractivity contribution in [1.29, 1.82) is 0 Å². The number of carbonyl (C=O) groups excluding carboxylic acids is 1. The van der Waals surface area contributed by atoms with Gasteiger partial charge >= 0.3 is 0 Å². The maximum atomic E-state index is 12.2. The molecular formula is C19H17ClN4O2. The van der Waals surface area contributed by atoms with Crippen LogP contribution < -0.4 is 15.4 Å². The van der Waals surface area contributed by atoms with E-state index in [1.54, 1.807) is 43.5 Å². The summed E-state index contributed by atoms with van der Waals surface area (Å²) in [5.41, 5.74) is 1.59. The van der Waals surface area contributed by atoms with Gasteiger partial charge in [-0.15, -0.1) is 10.2 Å². The summed E-state index contributed by atoms with van der Waals surface area (Å²) in [5.74, 6) is 1.42. The Balaban J connectivity index is 1.56. The van der Waals surface area contributed by atoms with E-state index >= 15 is 0 Å². The van der Waals surface area contributed by atoms with Crippen molar-refractivity contribution in [2.75, 3.05) is 17.7 Å². The van der Waals surface area contributed by atoms with Crippen molar-refractivity contribution in [2.45, 2.75) is 6.54 Å². The summed E-state index contributed by atoms with van der Waals surface area (Å²) in [6, 6.07) is 17.8. The Morgan fingerprint density at radius 2 is 1.62 bits per heavy atom. The van der Waals surface area contributed by atoms with Crippen molar-refractivity contribution in [3.8, 4) is 5.75 Å². The van der Waals surface area contributed by atoms with Crippen LogP contribution in [0.2, 0.25) is 5.02 Å². The van der Waals surface area contributed by atoms with E-state index in [4.69, 9.17) is 16.3 Å². The van der Waals surface area contributed by atoms with Crippen LogP contribution >= 0.6 is 11.6 Å². The third-order valence-electron chi connectivity index (χ3n) is 3.65. The van der Waals surface area contributed by atoms with E-state index in [0.29, 0.717) is 34.5 Å². The second kappa shape index (κ2) is 8.31. The SMILES string of the molecule is COc1ccc(C(=O)Nc2ccc(NCc3ccc(Cl)cc3)nn2)cc1. The van der Waals surface area contributed by atoms with Gasteiger partial charge in [0.05, 0.1) is 7.11 Å². The highest BCUT2D eigenvalue weighted by atomic mass is 35.5. The van der Waals surface area contributed by atoms with Crippen LogP contribution in [-0.4, -0.2) is 23.2 Å². The van der Waals surface area contributed by atoms with E-state index in [2.05, 4.69) is 20.8 Å². The molecule has 7 heteroatoms. The van der Waals surface area contributed by atoms with E-state index < -0.39 is 0 Å². The molecule has 3 aromatic rings. The summed E-state index contributed by atoms with van der Waals surface area (Å²) in [6.45, 7) is 0.601. The van der Waals surface area contributed by atoms with Crippen LogP contribution in [0.4, 0.5) is 11.6 Å². The minimum atomic E-state index is -0.260. The van der Waals surface area contributed by atoms with Crippen molar-refractivity contribution in [2.24, 2.45) is 0 Å². The molecule has 0 unspecified atom stereocenters. The molecule has 0 saturated heterocycles. The fourth-order valence-corrected chi connectivity index (χ4v) is 2.34. The van der Waals surface area contributed by atoms with Crippen LogP contribution in [0, 0.1) is 0 Å². The zero-order valence-corrected chi connectivity index (χ0v) is 14.8. The summed E-state index contributed by atoms with van der Waals surface area (Å²) in [4.78, 5) is 12.2. The molecule has 26 heavy (non-hydrogen) atoms. The lowest BCUT2D eigenvalue weighted by molar-refractivity contribution is 0.102. The lowest BCUT2D eigenvalue weighted by Gasteiger charge is -2.07. The average molecular weight is 369 g/mol. The van der Waals surface area contributed by atoms with Gasteiger partial charge < -0.3 is 15.4 Å². The largest absolute Gasteiger partial charge is 0.497 e. The molecular weight excluding hydrogens is 352 g/mol. The smallest absolute Gasteiger partial charge is 0.256 e. The molecule has 3 rings (SSSR count). The van der Waals surface area contributed by atoms with Crippen molar-refractivity contribution in [1.82, 2.24) is 10.2 Å². The Morgan fingerprint density at radius 1 is 0.962 bits per heavy atom. The molecule has 2 N–H and O–H groups in total. The number of anilines is 2. The van der Waals surface area contributed by atoms with E-state index in [1.165, 1.54) is 0 Å². The highest BCUT2D eigenvalue weighted by molar-refractivity contribution is 6.30. The molecule has 0 bridgehead atoms. The molecule has 1 amide bonds. The molecule has 0 saturated carbocycles. The number of nitrogens with zero attached hydrogens (tertiary/aromatic N) is 2. The minimum Gasteiger partial charge on any atom is -0.497 e. The Kier molecular flexibility index (Phi) is 5.66. The van der Waals surface area contributed by atoms with Crippen molar-refractivity contribution < 1.29 is 9.53 Å². The van der Waals surface area contributed by atoms with Gasteiger partial charge in [0.1, 0.15) is 11.6 Å². The molecule has 0 aliphatic carbocycles. The summed E-state index contributed by atoms with van der Waals surface area (Å²) < 4.78 is 5.07. The molecule has 0 spiro atoms. The number of aromatic nitrogens is 2. The van der Waals surface area contributed by atoms with Gasteiger partial charge in [-0.3, -0.25) is 4.79 Å². The number of nitrogens with one attached hydrogen (secondary N) is 2. The number of amides is 1. The highest BCUT2D eigenvalue weighted by Gasteiger charge is 2.07. The standard InChI is InChI=1S/C19H17ClN4O2/c1-26-16-8-4-14(5-9-16)19(25)22-18-11-10-17(23-24-18)21-12-13-2-6-15(20)7-3-13/h2-11H,12H2,1H3,(H,21,23)(H,22,24,25). The number of benzene rings is 2. The summed E-state index contributed by atoms with van der Waals surface area (Å²) in [5, 5.41) is 14.6. The first-order chi connectivity index (χ1) is 12.6. The maximum absolute atomic E-state index is 12.2. The van der Waals surface area contributed by atoms with Crippen LogP contribution in [0.15, 0.2) is 60.7 Å². The topological polar surface area (TPSA) is 76.1 Å². The Hall–Kier alpha value is -3.12. The minimum absolute atomic E-state index is 0.260. The number of hydrogen-bond donors (Lipinski definition) is 2. The van der Waals surface area contributed by atoms with Gasteiger partial charge in [-0.1, -0.05) is 23.7 Å². The quantitative estimate of drug-likeness (QED) is 0.687. The van der Waals surface area contributed by atoms with E-state index in [1.807, 2.05) is 24.3 Å². The van der Waals surface area contributed by atoms with E-state index in [0.717, 1.165) is 5.56 Å². The van der Waals surface area contributed by atoms with Crippen LogP contribution in [0.5, 0.6) is 5.75 Å². The summed E-state index contributed by atoms with van der Waals surface area (Å²) >= 11 is 5.86. The fourth-order valence-electron chi connectivity index (χ4n) is 2.22. The van der Waals surface area contributed by atoms with E-state index in [-0.39, 0.29) is 5.91 Å². The number of ether oxygens (including phenoxy) is 1. The summed E-state index contributed by atoms with van der Waals surface area (Å²) in [7, 11) is 1.58. The Bertz CT molecular complexity index is 866. The highest BCUT2D eigenvalue weighted by Crippen LogP contribution is 2.14. The van der Waals surface area contributed by atoms with Crippen LogP contribution in [0.1, 0.15) is 15.9 Å². The molecule has 0 atom stereocenters. The molecule has 6 nitrogen and oxygen atoms in total. The van der Waals surface area contributed by atoms with Gasteiger partial charge in [0.15, 0.2) is 5.82 Å². The van der Waals surface area contributed by atoms with Gasteiger partial charge in [-0.05, 0) is 54.1 Å². The zero-order valence-electron chi connectivity index (χ0n) is 14.1. The predicted molar refractivity (Wildman–Crippen MR) is 102 cm³/mol. The monoisotopic (exact) mass is 368 g/mol. The van der Waals surface area contributed by atoms with Crippen molar-refractivity contribution in [3.63, 3.8) is 0 Å². The van der Waals surface area contributed by atoms with Crippen molar-refractivity contribution >= 4 is 29.1 Å². The van der Waals surface area contributed by atoms with Gasteiger partial charge in [0, 0.05) is 17.1 Å². The summed E-state index contributed by atoms with van der Waals surface area (Å²) in [6.07, 6.45) is 0. The number of halogens is 1. The molecule has 0 radical (unpaired) electrons. The third-order valence-corrected chi connectivity index (χ3v) is 3.90. The first kappa shape index (κ1) is 17.7. The Labute approximate surface area is 156 Å². The molecule has 0 aliphatic heterocycles. The maximum Gasteiger partial charge on any atom is 0.256 e. The molecule has 0 fully saturated rings. The van der Waals surface area contributed by atoms with Crippen LogP contribution in [0.25, 0.3) is 0 Å². The van der Waals surface area contributed by atoms with Gasteiger partial charge in [0.25, 0.3) is 5.91 Å². The first-order valence-corrected chi connectivity index (χ1v) is 8.29. The molecule has 0 aliphatic rings. The van der Waals surface area contributed by atoms with Gasteiger partial charge in [0.2, 0.25) is 0 Å². The van der Waals surface area contributed by atoms with E-state index in [9.17, 15) is 4.79 Å².